The SMILES string of the molecule is CC(CC(C)(N)CO)Oc1ccc(S(C)(=O)=O)cc1. The van der Waals surface area contributed by atoms with E-state index in [0.29, 0.717) is 12.2 Å². The van der Waals surface area contributed by atoms with E-state index in [1.54, 1.807) is 19.1 Å². The number of hydrogen-bond acceptors (Lipinski definition) is 5. The second-order valence-corrected chi connectivity index (χ2v) is 7.20. The van der Waals surface area contributed by atoms with Crippen LogP contribution in [-0.2, 0) is 9.84 Å². The highest BCUT2D eigenvalue weighted by Gasteiger charge is 2.21. The van der Waals surface area contributed by atoms with Crippen LogP contribution in [0.2, 0.25) is 0 Å². The van der Waals surface area contributed by atoms with Crippen LogP contribution in [0.3, 0.4) is 0 Å². The van der Waals surface area contributed by atoms with E-state index in [2.05, 4.69) is 0 Å². The summed E-state index contributed by atoms with van der Waals surface area (Å²) in [6, 6.07) is 6.23. The second-order valence-electron chi connectivity index (χ2n) is 5.19. The number of aliphatic hydroxyl groups excluding tert-OH is 1. The van der Waals surface area contributed by atoms with Crippen molar-refractivity contribution in [3.05, 3.63) is 24.3 Å². The Morgan fingerprint density at radius 2 is 1.89 bits per heavy atom. The highest BCUT2D eigenvalue weighted by Crippen LogP contribution is 2.19. The summed E-state index contributed by atoms with van der Waals surface area (Å²) in [6.45, 7) is 3.48. The molecule has 1 rings (SSSR count). The quantitative estimate of drug-likeness (QED) is 0.813. The molecule has 5 nitrogen and oxygen atoms in total. The fraction of sp³-hybridized carbons (Fsp3) is 0.538. The van der Waals surface area contributed by atoms with Crippen molar-refractivity contribution < 1.29 is 18.3 Å². The number of aliphatic hydroxyl groups is 1. The van der Waals surface area contributed by atoms with Crippen LogP contribution in [-0.4, -0.2) is 38.0 Å². The molecule has 0 bridgehead atoms. The predicted molar refractivity (Wildman–Crippen MR) is 73.9 cm³/mol. The Morgan fingerprint density at radius 1 is 1.37 bits per heavy atom. The topological polar surface area (TPSA) is 89.6 Å². The van der Waals surface area contributed by atoms with Gasteiger partial charge in [0.1, 0.15) is 5.75 Å². The molecule has 0 aromatic heterocycles. The van der Waals surface area contributed by atoms with Crippen molar-refractivity contribution in [1.82, 2.24) is 0 Å². The zero-order valence-corrected chi connectivity index (χ0v) is 12.3. The first-order valence-electron chi connectivity index (χ1n) is 6.00. The van der Waals surface area contributed by atoms with E-state index in [9.17, 15) is 8.42 Å². The molecule has 0 aliphatic carbocycles. The molecule has 0 spiro atoms. The Labute approximate surface area is 114 Å². The monoisotopic (exact) mass is 287 g/mol. The molecule has 2 atom stereocenters. The smallest absolute Gasteiger partial charge is 0.175 e. The van der Waals surface area contributed by atoms with Crippen LogP contribution in [0.4, 0.5) is 0 Å². The molecule has 0 amide bonds. The molecule has 0 heterocycles. The highest BCUT2D eigenvalue weighted by atomic mass is 32.2. The summed E-state index contributed by atoms with van der Waals surface area (Å²) in [5.41, 5.74) is 5.15. The number of sulfone groups is 1. The largest absolute Gasteiger partial charge is 0.491 e. The summed E-state index contributed by atoms with van der Waals surface area (Å²) in [7, 11) is -3.19. The molecule has 19 heavy (non-hydrogen) atoms. The second kappa shape index (κ2) is 5.90. The minimum absolute atomic E-state index is 0.117. The van der Waals surface area contributed by atoms with Crippen molar-refractivity contribution >= 4 is 9.84 Å². The fourth-order valence-corrected chi connectivity index (χ4v) is 2.39. The molecule has 0 fully saturated rings. The van der Waals surface area contributed by atoms with Gasteiger partial charge in [-0.25, -0.2) is 8.42 Å². The van der Waals surface area contributed by atoms with Crippen LogP contribution >= 0.6 is 0 Å². The zero-order chi connectivity index (χ0) is 14.7. The molecule has 1 aromatic rings. The van der Waals surface area contributed by atoms with Crippen LogP contribution in [0.15, 0.2) is 29.2 Å². The summed E-state index contributed by atoms with van der Waals surface area (Å²) < 4.78 is 28.2. The third-order valence-corrected chi connectivity index (χ3v) is 3.83. The Kier molecular flexibility index (Phi) is 4.95. The van der Waals surface area contributed by atoms with Crippen LogP contribution in [0.5, 0.6) is 5.75 Å². The summed E-state index contributed by atoms with van der Waals surface area (Å²) in [5, 5.41) is 9.09. The van der Waals surface area contributed by atoms with Crippen molar-refractivity contribution in [2.45, 2.75) is 36.8 Å². The summed E-state index contributed by atoms with van der Waals surface area (Å²) in [5.74, 6) is 0.577. The number of benzene rings is 1. The van der Waals surface area contributed by atoms with Gasteiger partial charge in [0, 0.05) is 18.2 Å². The van der Waals surface area contributed by atoms with Gasteiger partial charge < -0.3 is 15.6 Å². The Hall–Kier alpha value is -1.11. The van der Waals surface area contributed by atoms with Gasteiger partial charge in [-0.3, -0.25) is 0 Å². The Balaban J connectivity index is 2.68. The number of hydrogen-bond donors (Lipinski definition) is 2. The summed E-state index contributed by atoms with van der Waals surface area (Å²) >= 11 is 0. The van der Waals surface area contributed by atoms with Crippen molar-refractivity contribution in [3.8, 4) is 5.75 Å². The summed E-state index contributed by atoms with van der Waals surface area (Å²) in [4.78, 5) is 0.256. The molecule has 0 radical (unpaired) electrons. The minimum atomic E-state index is -3.19. The lowest BCUT2D eigenvalue weighted by Crippen LogP contribution is -2.43. The van der Waals surface area contributed by atoms with Crippen LogP contribution < -0.4 is 10.5 Å². The molecule has 2 unspecified atom stereocenters. The maximum absolute atomic E-state index is 11.3. The highest BCUT2D eigenvalue weighted by molar-refractivity contribution is 7.90. The average Bonchev–Trinajstić information content (AvgIpc) is 2.27. The lowest BCUT2D eigenvalue weighted by molar-refractivity contribution is 0.133. The molecular formula is C13H21NO4S. The van der Waals surface area contributed by atoms with Gasteiger partial charge in [-0.05, 0) is 38.1 Å². The van der Waals surface area contributed by atoms with Crippen LogP contribution in [0.25, 0.3) is 0 Å². The van der Waals surface area contributed by atoms with Crippen molar-refractivity contribution in [3.63, 3.8) is 0 Å². The Morgan fingerprint density at radius 3 is 2.32 bits per heavy atom. The molecule has 3 N–H and O–H groups in total. The standard InChI is InChI=1S/C13H21NO4S/c1-10(8-13(2,14)9-15)18-11-4-6-12(7-5-11)19(3,16)17/h4-7,10,15H,8-9,14H2,1-3H3. The van der Waals surface area contributed by atoms with Crippen molar-refractivity contribution in [2.75, 3.05) is 12.9 Å². The first kappa shape index (κ1) is 15.9. The van der Waals surface area contributed by atoms with Gasteiger partial charge in [-0.15, -0.1) is 0 Å². The Bertz CT molecular complexity index is 508. The van der Waals surface area contributed by atoms with Gasteiger partial charge in [-0.1, -0.05) is 0 Å². The zero-order valence-electron chi connectivity index (χ0n) is 11.5. The average molecular weight is 287 g/mol. The molecule has 0 saturated carbocycles. The normalized spacial score (nSPS) is 16.7. The maximum atomic E-state index is 11.3. The van der Waals surface area contributed by atoms with E-state index < -0.39 is 15.4 Å². The van der Waals surface area contributed by atoms with E-state index in [1.165, 1.54) is 12.1 Å². The lowest BCUT2D eigenvalue weighted by atomic mass is 9.97. The molecule has 108 valence electrons. The number of nitrogens with two attached hydrogens (primary N) is 1. The van der Waals surface area contributed by atoms with Crippen LogP contribution in [0, 0.1) is 0 Å². The van der Waals surface area contributed by atoms with Crippen molar-refractivity contribution in [1.29, 1.82) is 0 Å². The lowest BCUT2D eigenvalue weighted by Gasteiger charge is -2.26. The van der Waals surface area contributed by atoms with Gasteiger partial charge >= 0.3 is 0 Å². The van der Waals surface area contributed by atoms with E-state index >= 15 is 0 Å². The molecule has 0 aliphatic rings. The van der Waals surface area contributed by atoms with Crippen molar-refractivity contribution in [2.24, 2.45) is 5.73 Å². The van der Waals surface area contributed by atoms with Gasteiger partial charge in [0.05, 0.1) is 17.6 Å². The fourth-order valence-electron chi connectivity index (χ4n) is 1.76. The van der Waals surface area contributed by atoms with E-state index in [0.717, 1.165) is 6.26 Å². The van der Waals surface area contributed by atoms with Gasteiger partial charge in [0.2, 0.25) is 0 Å². The number of rotatable bonds is 6. The minimum Gasteiger partial charge on any atom is -0.491 e. The third-order valence-electron chi connectivity index (χ3n) is 2.70. The van der Waals surface area contributed by atoms with Gasteiger partial charge in [0.25, 0.3) is 0 Å². The molecule has 1 aromatic carbocycles. The first-order valence-corrected chi connectivity index (χ1v) is 7.90. The van der Waals surface area contributed by atoms with E-state index in [4.69, 9.17) is 15.6 Å². The molecule has 0 aliphatic heterocycles. The van der Waals surface area contributed by atoms with Gasteiger partial charge in [0.15, 0.2) is 9.84 Å². The van der Waals surface area contributed by atoms with E-state index in [-0.39, 0.29) is 17.6 Å². The van der Waals surface area contributed by atoms with Gasteiger partial charge in [-0.2, -0.15) is 0 Å². The summed E-state index contributed by atoms with van der Waals surface area (Å²) in [6.07, 6.45) is 1.48. The maximum Gasteiger partial charge on any atom is 0.175 e. The molecular weight excluding hydrogens is 266 g/mol. The molecule has 0 saturated heterocycles. The first-order chi connectivity index (χ1) is 8.64. The van der Waals surface area contributed by atoms with E-state index in [1.807, 2.05) is 6.92 Å². The molecule has 6 heteroatoms. The predicted octanol–water partition coefficient (Wildman–Crippen LogP) is 0.957. The number of ether oxygens (including phenoxy) is 1. The van der Waals surface area contributed by atoms with Crippen LogP contribution in [0.1, 0.15) is 20.3 Å². The third kappa shape index (κ3) is 5.18.